The molecule has 0 atom stereocenters. The summed E-state index contributed by atoms with van der Waals surface area (Å²) in [5, 5.41) is 0.589. The van der Waals surface area contributed by atoms with E-state index < -0.39 is 11.6 Å². The topological polar surface area (TPSA) is 73.6 Å². The lowest BCUT2D eigenvalue weighted by molar-refractivity contribution is -0.129. The summed E-state index contributed by atoms with van der Waals surface area (Å²) in [5.41, 5.74) is 5.05. The highest BCUT2D eigenvalue weighted by molar-refractivity contribution is 5.97. The van der Waals surface area contributed by atoms with Crippen molar-refractivity contribution in [1.29, 1.82) is 0 Å². The van der Waals surface area contributed by atoms with E-state index in [0.717, 1.165) is 11.1 Å². The van der Waals surface area contributed by atoms with Crippen LogP contribution in [-0.2, 0) is 4.79 Å². The summed E-state index contributed by atoms with van der Waals surface area (Å²) in [6, 6.07) is 4.78. The number of carbonyl (C=O) groups excluding carboxylic acids is 2. The van der Waals surface area contributed by atoms with Gasteiger partial charge in [0.1, 0.15) is 16.9 Å². The van der Waals surface area contributed by atoms with Gasteiger partial charge >= 0.3 is 11.6 Å². The van der Waals surface area contributed by atoms with Gasteiger partial charge in [-0.1, -0.05) is 55.4 Å². The molecule has 0 bridgehead atoms. The molecule has 1 aliphatic rings. The largest absolute Gasteiger partial charge is 0.423 e. The van der Waals surface area contributed by atoms with E-state index in [2.05, 4.69) is 39.8 Å². The van der Waals surface area contributed by atoms with Gasteiger partial charge in [0.15, 0.2) is 5.78 Å². The molecule has 1 aromatic heterocycles. The fourth-order valence-electron chi connectivity index (χ4n) is 4.67. The number of esters is 1. The predicted octanol–water partition coefficient (Wildman–Crippen LogP) is 7.74. The second-order valence-corrected chi connectivity index (χ2v) is 10.5. The Bertz CT molecular complexity index is 1440. The van der Waals surface area contributed by atoms with Crippen LogP contribution in [0.4, 0.5) is 0 Å². The first-order chi connectivity index (χ1) is 17.4. The van der Waals surface area contributed by atoms with E-state index in [1.807, 2.05) is 25.2 Å². The number of Topliss-reactive ketones (excluding diaryl/α,β-unsaturated/α-hetero) is 1. The van der Waals surface area contributed by atoms with Gasteiger partial charge in [-0.15, -0.1) is 0 Å². The number of ether oxygens (including phenoxy) is 1. The number of aryl methyl sites for hydroxylation is 1. The van der Waals surface area contributed by atoms with Crippen molar-refractivity contribution in [2.24, 2.45) is 5.41 Å². The molecule has 0 saturated carbocycles. The Morgan fingerprint density at radius 2 is 1.78 bits per heavy atom. The van der Waals surface area contributed by atoms with Crippen LogP contribution in [0, 0.1) is 12.3 Å². The Morgan fingerprint density at radius 1 is 1.05 bits per heavy atom. The van der Waals surface area contributed by atoms with Crippen molar-refractivity contribution < 1.29 is 18.7 Å². The molecule has 0 N–H and O–H groups in total. The van der Waals surface area contributed by atoms with Gasteiger partial charge < -0.3 is 9.15 Å². The van der Waals surface area contributed by atoms with Gasteiger partial charge in [-0.3, -0.25) is 4.79 Å². The Morgan fingerprint density at radius 3 is 2.46 bits per heavy atom. The lowest BCUT2D eigenvalue weighted by atomic mass is 9.72. The summed E-state index contributed by atoms with van der Waals surface area (Å²) in [7, 11) is 0. The molecule has 0 unspecified atom stereocenters. The molecule has 37 heavy (non-hydrogen) atoms. The third kappa shape index (κ3) is 6.94. The first kappa shape index (κ1) is 27.9. The van der Waals surface area contributed by atoms with E-state index >= 15 is 0 Å². The van der Waals surface area contributed by atoms with E-state index in [9.17, 15) is 14.4 Å². The summed E-state index contributed by atoms with van der Waals surface area (Å²) >= 11 is 0. The average Bonchev–Trinajstić information content (AvgIpc) is 2.80. The summed E-state index contributed by atoms with van der Waals surface area (Å²) in [6.07, 6.45) is 15.2. The second kappa shape index (κ2) is 11.5. The minimum atomic E-state index is -0.708. The maximum absolute atomic E-state index is 12.5. The van der Waals surface area contributed by atoms with Crippen LogP contribution in [0.5, 0.6) is 5.75 Å². The van der Waals surface area contributed by atoms with E-state index in [4.69, 9.17) is 9.15 Å². The lowest BCUT2D eigenvalue weighted by Crippen LogP contribution is -2.19. The van der Waals surface area contributed by atoms with Gasteiger partial charge in [0, 0.05) is 17.0 Å². The molecule has 5 nitrogen and oxygen atoms in total. The van der Waals surface area contributed by atoms with Gasteiger partial charge in [-0.05, 0) is 88.6 Å². The van der Waals surface area contributed by atoms with E-state index in [1.54, 1.807) is 19.1 Å². The number of fused-ring (bicyclic) bond motifs is 1. The summed E-state index contributed by atoms with van der Waals surface area (Å²) in [5.74, 6) is -0.602. The van der Waals surface area contributed by atoms with Crippen molar-refractivity contribution in [3.63, 3.8) is 0 Å². The molecule has 0 fully saturated rings. The predicted molar refractivity (Wildman–Crippen MR) is 149 cm³/mol. The highest BCUT2D eigenvalue weighted by Gasteiger charge is 2.26. The molecule has 0 spiro atoms. The Hall–Kier alpha value is -3.73. The van der Waals surface area contributed by atoms with Crippen LogP contribution < -0.4 is 10.4 Å². The molecule has 0 radical (unpaired) electrons. The zero-order chi connectivity index (χ0) is 27.3. The molecule has 1 aliphatic carbocycles. The van der Waals surface area contributed by atoms with Crippen LogP contribution in [0.2, 0.25) is 0 Å². The molecule has 5 heteroatoms. The van der Waals surface area contributed by atoms with Crippen LogP contribution in [-0.4, -0.2) is 11.8 Å². The van der Waals surface area contributed by atoms with Crippen LogP contribution in [0.3, 0.4) is 0 Å². The minimum Gasteiger partial charge on any atom is -0.423 e. The molecule has 0 amide bonds. The van der Waals surface area contributed by atoms with Crippen molar-refractivity contribution in [2.75, 3.05) is 0 Å². The third-order valence-electron chi connectivity index (χ3n) is 6.81. The normalized spacial score (nSPS) is 16.7. The summed E-state index contributed by atoms with van der Waals surface area (Å²) in [6.45, 7) is 13.7. The summed E-state index contributed by atoms with van der Waals surface area (Å²) in [4.78, 5) is 36.2. The number of benzene rings is 1. The van der Waals surface area contributed by atoms with Crippen molar-refractivity contribution in [3.8, 4) is 5.75 Å². The van der Waals surface area contributed by atoms with Gasteiger partial charge in [0.2, 0.25) is 0 Å². The quantitative estimate of drug-likeness (QED) is 0.0971. The fraction of sp³-hybridized carbons (Fsp3) is 0.344. The SMILES string of the molecule is CC(=O)c1cc2ccc(OC(=O)C=C(C)C=CC=C(C)C=CC3=C(C)CCCC3(C)C)c(C)c2oc1=O. The number of rotatable bonds is 7. The number of hydrogen-bond acceptors (Lipinski definition) is 5. The Labute approximate surface area is 218 Å². The van der Waals surface area contributed by atoms with Crippen LogP contribution in [0.15, 0.2) is 86.2 Å². The van der Waals surface area contributed by atoms with Crippen molar-refractivity contribution in [3.05, 3.63) is 98.5 Å². The van der Waals surface area contributed by atoms with Crippen molar-refractivity contribution in [1.82, 2.24) is 0 Å². The molecule has 2 aromatic rings. The molecule has 1 heterocycles. The molecule has 1 aromatic carbocycles. The summed E-state index contributed by atoms with van der Waals surface area (Å²) < 4.78 is 10.8. The number of allylic oxidation sites excluding steroid dienone is 9. The smallest absolute Gasteiger partial charge is 0.347 e. The molecular weight excluding hydrogens is 464 g/mol. The van der Waals surface area contributed by atoms with Gasteiger partial charge in [-0.2, -0.15) is 0 Å². The monoisotopic (exact) mass is 500 g/mol. The standard InChI is InChI=1S/C32H36O5/c1-20(13-15-27-22(3)12-9-17-32(27,6)7)10-8-11-21(2)18-29(34)36-28-16-14-25-19-26(24(5)33)31(35)37-30(25)23(28)4/h8,10-11,13-16,18-19H,9,12,17H2,1-7H3. The second-order valence-electron chi connectivity index (χ2n) is 10.5. The highest BCUT2D eigenvalue weighted by atomic mass is 16.5. The zero-order valence-corrected chi connectivity index (χ0v) is 22.9. The van der Waals surface area contributed by atoms with Gasteiger partial charge in [-0.25, -0.2) is 9.59 Å². The van der Waals surface area contributed by atoms with Gasteiger partial charge in [0.05, 0.1) is 0 Å². The first-order valence-corrected chi connectivity index (χ1v) is 12.6. The van der Waals surface area contributed by atoms with Crippen molar-refractivity contribution >= 4 is 22.7 Å². The van der Waals surface area contributed by atoms with E-state index in [0.29, 0.717) is 16.7 Å². The fourth-order valence-corrected chi connectivity index (χ4v) is 4.67. The van der Waals surface area contributed by atoms with Crippen LogP contribution >= 0.6 is 0 Å². The van der Waals surface area contributed by atoms with Crippen LogP contribution in [0.1, 0.15) is 76.7 Å². The Kier molecular flexibility index (Phi) is 8.69. The third-order valence-corrected chi connectivity index (χ3v) is 6.81. The average molecular weight is 501 g/mol. The highest BCUT2D eigenvalue weighted by Crippen LogP contribution is 2.40. The molecule has 0 aliphatic heterocycles. The maximum atomic E-state index is 12.5. The first-order valence-electron chi connectivity index (χ1n) is 12.6. The maximum Gasteiger partial charge on any atom is 0.347 e. The number of carbonyl (C=O) groups is 2. The Balaban J connectivity index is 1.69. The molecular formula is C32H36O5. The van der Waals surface area contributed by atoms with E-state index in [-0.39, 0.29) is 22.3 Å². The van der Waals surface area contributed by atoms with Crippen molar-refractivity contribution in [2.45, 2.75) is 67.7 Å². The lowest BCUT2D eigenvalue weighted by Gasteiger charge is -2.32. The molecule has 194 valence electrons. The molecule has 0 saturated heterocycles. The minimum absolute atomic E-state index is 0.00760. The number of hydrogen-bond donors (Lipinski definition) is 0. The van der Waals surface area contributed by atoms with Gasteiger partial charge in [0.25, 0.3) is 0 Å². The number of ketones is 1. The molecule has 3 rings (SSSR count). The van der Waals surface area contributed by atoms with Crippen LogP contribution in [0.25, 0.3) is 11.0 Å². The van der Waals surface area contributed by atoms with E-state index in [1.165, 1.54) is 49.5 Å². The zero-order valence-electron chi connectivity index (χ0n) is 22.9.